The molecule has 18 heavy (non-hydrogen) atoms. The summed E-state index contributed by atoms with van der Waals surface area (Å²) in [6.07, 6.45) is 2.12. The van der Waals surface area contributed by atoms with Gasteiger partial charge in [0.05, 0.1) is 6.54 Å². The first-order valence-electron chi connectivity index (χ1n) is 6.36. The van der Waals surface area contributed by atoms with E-state index in [9.17, 15) is 9.18 Å². The van der Waals surface area contributed by atoms with E-state index in [1.54, 1.807) is 12.1 Å². The highest BCUT2D eigenvalue weighted by Gasteiger charge is 2.20. The van der Waals surface area contributed by atoms with Gasteiger partial charge < -0.3 is 5.32 Å². The van der Waals surface area contributed by atoms with E-state index in [2.05, 4.69) is 10.2 Å². The molecule has 4 heteroatoms. The van der Waals surface area contributed by atoms with Gasteiger partial charge in [-0.25, -0.2) is 4.39 Å². The highest BCUT2D eigenvalue weighted by Crippen LogP contribution is 2.11. The molecule has 1 saturated heterocycles. The minimum absolute atomic E-state index is 0.0180. The van der Waals surface area contributed by atoms with Gasteiger partial charge in [-0.1, -0.05) is 12.1 Å². The molecule has 1 aliphatic heterocycles. The topological polar surface area (TPSA) is 32.3 Å². The number of benzene rings is 1. The van der Waals surface area contributed by atoms with E-state index in [1.807, 2.05) is 7.05 Å². The summed E-state index contributed by atoms with van der Waals surface area (Å²) >= 11 is 0. The molecule has 0 amide bonds. The second-order valence-electron chi connectivity index (χ2n) is 4.83. The number of carbonyl (C=O) groups excluding carboxylic acids is 1. The summed E-state index contributed by atoms with van der Waals surface area (Å²) in [6.45, 7) is 2.36. The third kappa shape index (κ3) is 3.37. The summed E-state index contributed by atoms with van der Waals surface area (Å²) < 4.78 is 13.0. The zero-order chi connectivity index (χ0) is 13.0. The molecule has 0 aromatic heterocycles. The van der Waals surface area contributed by atoms with Crippen LogP contribution in [0, 0.1) is 5.82 Å². The van der Waals surface area contributed by atoms with Crippen LogP contribution in [0.25, 0.3) is 0 Å². The highest BCUT2D eigenvalue weighted by molar-refractivity contribution is 5.97. The smallest absolute Gasteiger partial charge is 0.176 e. The van der Waals surface area contributed by atoms with E-state index >= 15 is 0 Å². The lowest BCUT2D eigenvalue weighted by Gasteiger charge is -2.31. The Morgan fingerprint density at radius 3 is 2.83 bits per heavy atom. The Labute approximate surface area is 107 Å². The fraction of sp³-hybridized carbons (Fsp3) is 0.500. The third-order valence-electron chi connectivity index (χ3n) is 3.47. The third-order valence-corrected chi connectivity index (χ3v) is 3.47. The van der Waals surface area contributed by atoms with Gasteiger partial charge in [0.1, 0.15) is 5.82 Å². The second kappa shape index (κ2) is 6.07. The van der Waals surface area contributed by atoms with Crippen molar-refractivity contribution < 1.29 is 9.18 Å². The number of Topliss-reactive ketones (excluding diaryl/α,β-unsaturated/α-hetero) is 1. The van der Waals surface area contributed by atoms with Gasteiger partial charge in [0.15, 0.2) is 5.78 Å². The molecule has 3 nitrogen and oxygen atoms in total. The van der Waals surface area contributed by atoms with E-state index in [4.69, 9.17) is 0 Å². The molecule has 1 aromatic rings. The molecule has 0 radical (unpaired) electrons. The summed E-state index contributed by atoms with van der Waals surface area (Å²) in [5.74, 6) is -0.374. The van der Waals surface area contributed by atoms with Crippen molar-refractivity contribution in [3.05, 3.63) is 35.6 Å². The quantitative estimate of drug-likeness (QED) is 0.825. The maximum absolute atomic E-state index is 13.0. The predicted octanol–water partition coefficient (Wildman–Crippen LogP) is 1.69. The normalized spacial score (nSPS) is 17.1. The number of ketones is 1. The summed E-state index contributed by atoms with van der Waals surface area (Å²) in [4.78, 5) is 14.1. The average molecular weight is 250 g/mol. The molecule has 0 unspecified atom stereocenters. The van der Waals surface area contributed by atoms with Gasteiger partial charge in [0.25, 0.3) is 0 Å². The first-order chi connectivity index (χ1) is 8.66. The average Bonchev–Trinajstić information content (AvgIpc) is 2.39. The second-order valence-corrected chi connectivity index (χ2v) is 4.83. The molecule has 0 spiro atoms. The van der Waals surface area contributed by atoms with Crippen LogP contribution in [0.3, 0.4) is 0 Å². The van der Waals surface area contributed by atoms with Gasteiger partial charge in [0, 0.05) is 11.6 Å². The fourth-order valence-electron chi connectivity index (χ4n) is 2.36. The largest absolute Gasteiger partial charge is 0.317 e. The molecule has 2 rings (SSSR count). The SMILES string of the molecule is CN(CC(=O)c1cccc(F)c1)C1CCNCC1. The number of hydrogen-bond donors (Lipinski definition) is 1. The lowest BCUT2D eigenvalue weighted by Crippen LogP contribution is -2.43. The Morgan fingerprint density at radius 2 is 2.17 bits per heavy atom. The molecule has 1 fully saturated rings. The van der Waals surface area contributed by atoms with Crippen molar-refractivity contribution in [2.45, 2.75) is 18.9 Å². The zero-order valence-electron chi connectivity index (χ0n) is 10.7. The summed E-state index contributed by atoms with van der Waals surface area (Å²) in [5, 5.41) is 3.30. The van der Waals surface area contributed by atoms with Crippen LogP contribution >= 0.6 is 0 Å². The van der Waals surface area contributed by atoms with E-state index < -0.39 is 0 Å². The number of nitrogens with one attached hydrogen (secondary N) is 1. The van der Waals surface area contributed by atoms with E-state index in [1.165, 1.54) is 12.1 Å². The van der Waals surface area contributed by atoms with Crippen LogP contribution in [0.4, 0.5) is 4.39 Å². The van der Waals surface area contributed by atoms with Crippen molar-refractivity contribution in [3.8, 4) is 0 Å². The molecule has 0 aliphatic carbocycles. The summed E-state index contributed by atoms with van der Waals surface area (Å²) in [7, 11) is 1.97. The number of piperidine rings is 1. The number of carbonyl (C=O) groups is 1. The molecule has 0 saturated carbocycles. The van der Waals surface area contributed by atoms with Crippen LogP contribution in [-0.4, -0.2) is 43.4 Å². The van der Waals surface area contributed by atoms with Gasteiger partial charge in [-0.3, -0.25) is 9.69 Å². The number of nitrogens with zero attached hydrogens (tertiary/aromatic N) is 1. The van der Waals surface area contributed by atoms with Crippen LogP contribution in [-0.2, 0) is 0 Å². The van der Waals surface area contributed by atoms with Crippen LogP contribution < -0.4 is 5.32 Å². The molecule has 1 aromatic carbocycles. The number of hydrogen-bond acceptors (Lipinski definition) is 3. The minimum Gasteiger partial charge on any atom is -0.317 e. The van der Waals surface area contributed by atoms with Gasteiger partial charge in [0.2, 0.25) is 0 Å². The van der Waals surface area contributed by atoms with Gasteiger partial charge in [-0.05, 0) is 45.1 Å². The van der Waals surface area contributed by atoms with Crippen molar-refractivity contribution >= 4 is 5.78 Å². The Hall–Kier alpha value is -1.26. The standard InChI is InChI=1S/C14H19FN2O/c1-17(13-5-7-16-8-6-13)10-14(18)11-3-2-4-12(15)9-11/h2-4,9,13,16H,5-8,10H2,1H3. The molecular weight excluding hydrogens is 231 g/mol. The Morgan fingerprint density at radius 1 is 1.44 bits per heavy atom. The van der Waals surface area contributed by atoms with E-state index in [0.717, 1.165) is 25.9 Å². The van der Waals surface area contributed by atoms with Crippen molar-refractivity contribution in [2.75, 3.05) is 26.7 Å². The van der Waals surface area contributed by atoms with Crippen LogP contribution in [0.1, 0.15) is 23.2 Å². The molecule has 0 atom stereocenters. The molecule has 1 N–H and O–H groups in total. The minimum atomic E-state index is -0.356. The first kappa shape index (κ1) is 13.2. The molecular formula is C14H19FN2O. The summed E-state index contributed by atoms with van der Waals surface area (Å²) in [6, 6.07) is 6.35. The molecule has 1 aliphatic rings. The zero-order valence-corrected chi connectivity index (χ0v) is 10.7. The maximum Gasteiger partial charge on any atom is 0.176 e. The van der Waals surface area contributed by atoms with Gasteiger partial charge in [-0.15, -0.1) is 0 Å². The van der Waals surface area contributed by atoms with Crippen molar-refractivity contribution in [2.24, 2.45) is 0 Å². The van der Waals surface area contributed by atoms with Crippen molar-refractivity contribution in [3.63, 3.8) is 0 Å². The Kier molecular flexibility index (Phi) is 4.44. The lowest BCUT2D eigenvalue weighted by atomic mass is 10.0. The van der Waals surface area contributed by atoms with Gasteiger partial charge >= 0.3 is 0 Å². The Balaban J connectivity index is 1.94. The maximum atomic E-state index is 13.0. The van der Waals surface area contributed by atoms with Crippen LogP contribution in [0.5, 0.6) is 0 Å². The summed E-state index contributed by atoms with van der Waals surface area (Å²) in [5.41, 5.74) is 0.454. The van der Waals surface area contributed by atoms with Crippen molar-refractivity contribution in [1.82, 2.24) is 10.2 Å². The van der Waals surface area contributed by atoms with Crippen LogP contribution in [0.2, 0.25) is 0 Å². The molecule has 0 bridgehead atoms. The lowest BCUT2D eigenvalue weighted by molar-refractivity contribution is 0.0903. The van der Waals surface area contributed by atoms with Crippen molar-refractivity contribution in [1.29, 1.82) is 0 Å². The molecule has 1 heterocycles. The molecule has 98 valence electrons. The predicted molar refractivity (Wildman–Crippen MR) is 69.3 cm³/mol. The van der Waals surface area contributed by atoms with Gasteiger partial charge in [-0.2, -0.15) is 0 Å². The number of halogens is 1. The fourth-order valence-corrected chi connectivity index (χ4v) is 2.36. The van der Waals surface area contributed by atoms with E-state index in [0.29, 0.717) is 18.2 Å². The Bertz CT molecular complexity index is 416. The number of rotatable bonds is 4. The monoisotopic (exact) mass is 250 g/mol. The number of likely N-dealkylation sites (N-methyl/N-ethyl adjacent to an activating group) is 1. The first-order valence-corrected chi connectivity index (χ1v) is 6.36. The highest BCUT2D eigenvalue weighted by atomic mass is 19.1. The van der Waals surface area contributed by atoms with E-state index in [-0.39, 0.29) is 11.6 Å². The van der Waals surface area contributed by atoms with Crippen LogP contribution in [0.15, 0.2) is 24.3 Å².